The number of amides is 1. The fraction of sp³-hybridized carbons (Fsp3) is 0.350. The van der Waals surface area contributed by atoms with Crippen LogP contribution in [-0.4, -0.2) is 32.7 Å². The Morgan fingerprint density at radius 2 is 1.68 bits per heavy atom. The maximum Gasteiger partial charge on any atom is 0.248 e. The molecule has 8 heteroatoms. The maximum atomic E-state index is 13.2. The van der Waals surface area contributed by atoms with Crippen molar-refractivity contribution < 1.29 is 22.3 Å². The van der Waals surface area contributed by atoms with Crippen molar-refractivity contribution in [2.24, 2.45) is 0 Å². The highest BCUT2D eigenvalue weighted by atomic mass is 32.2. The Labute approximate surface area is 165 Å². The molecule has 0 spiro atoms. The van der Waals surface area contributed by atoms with E-state index in [0.717, 1.165) is 22.7 Å². The average molecular weight is 408 g/mol. The van der Waals surface area contributed by atoms with Gasteiger partial charge >= 0.3 is 0 Å². The van der Waals surface area contributed by atoms with Crippen LogP contribution in [0.3, 0.4) is 0 Å². The molecule has 6 nitrogen and oxygen atoms in total. The van der Waals surface area contributed by atoms with E-state index < -0.39 is 27.8 Å². The van der Waals surface area contributed by atoms with Crippen LogP contribution in [0.1, 0.15) is 27.2 Å². The van der Waals surface area contributed by atoms with Crippen molar-refractivity contribution in [2.75, 3.05) is 15.9 Å². The Balaban J connectivity index is 2.25. The van der Waals surface area contributed by atoms with Crippen LogP contribution < -0.4 is 14.4 Å². The van der Waals surface area contributed by atoms with Crippen molar-refractivity contribution in [1.82, 2.24) is 0 Å². The molecule has 0 aliphatic heterocycles. The van der Waals surface area contributed by atoms with E-state index in [9.17, 15) is 17.6 Å². The number of nitrogens with one attached hydrogen (secondary N) is 1. The van der Waals surface area contributed by atoms with E-state index in [4.69, 9.17) is 4.74 Å². The summed E-state index contributed by atoms with van der Waals surface area (Å²) in [5.74, 6) is -0.294. The highest BCUT2D eigenvalue weighted by molar-refractivity contribution is 7.92. The molecule has 1 amide bonds. The smallest absolute Gasteiger partial charge is 0.248 e. The van der Waals surface area contributed by atoms with Crippen LogP contribution in [0.5, 0.6) is 5.75 Å². The SMILES string of the molecule is CC[C@@H](C(=O)Nc1ccc(OC(C)C)cc1)N(c1ccc(F)cc1)S(C)(=O)=O. The van der Waals surface area contributed by atoms with Crippen molar-refractivity contribution in [3.63, 3.8) is 0 Å². The maximum absolute atomic E-state index is 13.2. The Hall–Kier alpha value is -2.61. The monoisotopic (exact) mass is 408 g/mol. The van der Waals surface area contributed by atoms with Gasteiger partial charge in [-0.15, -0.1) is 0 Å². The highest BCUT2D eigenvalue weighted by Gasteiger charge is 2.31. The summed E-state index contributed by atoms with van der Waals surface area (Å²) in [4.78, 5) is 12.8. The fourth-order valence-electron chi connectivity index (χ4n) is 2.76. The molecule has 0 fully saturated rings. The summed E-state index contributed by atoms with van der Waals surface area (Å²) in [7, 11) is -3.77. The van der Waals surface area contributed by atoms with Gasteiger partial charge in [0.05, 0.1) is 18.0 Å². The lowest BCUT2D eigenvalue weighted by Gasteiger charge is -2.30. The molecule has 1 atom stereocenters. The second kappa shape index (κ2) is 9.05. The molecule has 0 bridgehead atoms. The highest BCUT2D eigenvalue weighted by Crippen LogP contribution is 2.24. The summed E-state index contributed by atoms with van der Waals surface area (Å²) >= 11 is 0. The molecule has 1 N–H and O–H groups in total. The summed E-state index contributed by atoms with van der Waals surface area (Å²) in [5.41, 5.74) is 0.749. The third kappa shape index (κ3) is 5.69. The van der Waals surface area contributed by atoms with Crippen LogP contribution in [0, 0.1) is 5.82 Å². The van der Waals surface area contributed by atoms with Gasteiger partial charge in [0.25, 0.3) is 0 Å². The summed E-state index contributed by atoms with van der Waals surface area (Å²) in [6, 6.07) is 10.8. The number of carbonyl (C=O) groups is 1. The quantitative estimate of drug-likeness (QED) is 0.721. The van der Waals surface area contributed by atoms with Gasteiger partial charge in [0, 0.05) is 5.69 Å². The third-order valence-corrected chi connectivity index (χ3v) is 5.08. The van der Waals surface area contributed by atoms with E-state index in [1.165, 1.54) is 12.1 Å². The molecular formula is C20H25FN2O4S. The molecular weight excluding hydrogens is 383 g/mol. The van der Waals surface area contributed by atoms with Gasteiger partial charge in [0.15, 0.2) is 0 Å². The molecule has 0 radical (unpaired) electrons. The number of hydrogen-bond acceptors (Lipinski definition) is 4. The molecule has 0 heterocycles. The number of halogens is 1. The predicted octanol–water partition coefficient (Wildman–Crippen LogP) is 3.80. The Bertz CT molecular complexity index is 897. The second-order valence-corrected chi connectivity index (χ2v) is 8.50. The Morgan fingerprint density at radius 1 is 1.11 bits per heavy atom. The van der Waals surface area contributed by atoms with Gasteiger partial charge in [-0.05, 0) is 68.8 Å². The molecule has 0 aliphatic carbocycles. The van der Waals surface area contributed by atoms with Crippen molar-refractivity contribution in [3.8, 4) is 5.75 Å². The van der Waals surface area contributed by atoms with Crippen molar-refractivity contribution in [3.05, 3.63) is 54.3 Å². The second-order valence-electron chi connectivity index (χ2n) is 6.64. The van der Waals surface area contributed by atoms with Crippen LogP contribution >= 0.6 is 0 Å². The standard InChI is InChI=1S/C20H25FN2O4S/c1-5-19(23(28(4,25)26)17-10-6-15(21)7-11-17)20(24)22-16-8-12-18(13-9-16)27-14(2)3/h6-14,19H,5H2,1-4H3,(H,22,24)/t19-/m0/s1. The summed E-state index contributed by atoms with van der Waals surface area (Å²) < 4.78 is 44.5. The van der Waals surface area contributed by atoms with Gasteiger partial charge in [0.1, 0.15) is 17.6 Å². The summed E-state index contributed by atoms with van der Waals surface area (Å²) in [6.45, 7) is 5.54. The van der Waals surface area contributed by atoms with Gasteiger partial charge in [-0.3, -0.25) is 9.10 Å². The van der Waals surface area contributed by atoms with Gasteiger partial charge in [0.2, 0.25) is 15.9 Å². The van der Waals surface area contributed by atoms with Crippen LogP contribution in [0.15, 0.2) is 48.5 Å². The number of hydrogen-bond donors (Lipinski definition) is 1. The Morgan fingerprint density at radius 3 is 2.14 bits per heavy atom. The molecule has 0 saturated carbocycles. The predicted molar refractivity (Wildman–Crippen MR) is 109 cm³/mol. The van der Waals surface area contributed by atoms with E-state index in [1.54, 1.807) is 31.2 Å². The first-order valence-corrected chi connectivity index (χ1v) is 10.8. The van der Waals surface area contributed by atoms with Crippen molar-refractivity contribution >= 4 is 27.3 Å². The molecule has 2 aromatic carbocycles. The lowest BCUT2D eigenvalue weighted by Crippen LogP contribution is -2.47. The van der Waals surface area contributed by atoms with Gasteiger partial charge in [-0.2, -0.15) is 0 Å². The van der Waals surface area contributed by atoms with E-state index >= 15 is 0 Å². The van der Waals surface area contributed by atoms with Crippen LogP contribution in [0.2, 0.25) is 0 Å². The zero-order valence-corrected chi connectivity index (χ0v) is 17.2. The molecule has 28 heavy (non-hydrogen) atoms. The first kappa shape index (κ1) is 21.7. The fourth-order valence-corrected chi connectivity index (χ4v) is 3.97. The van der Waals surface area contributed by atoms with Gasteiger partial charge in [-0.25, -0.2) is 12.8 Å². The number of ether oxygens (including phenoxy) is 1. The molecule has 2 aromatic rings. The lowest BCUT2D eigenvalue weighted by atomic mass is 10.1. The van der Waals surface area contributed by atoms with Gasteiger partial charge in [-0.1, -0.05) is 6.92 Å². The summed E-state index contributed by atoms with van der Waals surface area (Å²) in [6.07, 6.45) is 1.29. The molecule has 152 valence electrons. The molecule has 2 rings (SSSR count). The van der Waals surface area contributed by atoms with E-state index in [0.29, 0.717) is 11.4 Å². The van der Waals surface area contributed by atoms with Crippen molar-refractivity contribution in [2.45, 2.75) is 39.3 Å². The minimum atomic E-state index is -3.77. The van der Waals surface area contributed by atoms with Crippen LogP contribution in [0.25, 0.3) is 0 Å². The zero-order chi connectivity index (χ0) is 20.9. The molecule has 0 unspecified atom stereocenters. The molecule has 0 aromatic heterocycles. The average Bonchev–Trinajstić information content (AvgIpc) is 2.60. The van der Waals surface area contributed by atoms with Crippen molar-refractivity contribution in [1.29, 1.82) is 0 Å². The van der Waals surface area contributed by atoms with E-state index in [2.05, 4.69) is 5.32 Å². The Kier molecular flexibility index (Phi) is 7.01. The normalized spacial score (nSPS) is 12.5. The van der Waals surface area contributed by atoms with E-state index in [1.807, 2.05) is 13.8 Å². The number of carbonyl (C=O) groups excluding carboxylic acids is 1. The number of anilines is 2. The largest absolute Gasteiger partial charge is 0.491 e. The lowest BCUT2D eigenvalue weighted by molar-refractivity contribution is -0.117. The minimum absolute atomic E-state index is 0.0314. The third-order valence-electron chi connectivity index (χ3n) is 3.90. The molecule has 0 aliphatic rings. The number of benzene rings is 2. The summed E-state index contributed by atoms with van der Waals surface area (Å²) in [5, 5.41) is 2.73. The first-order chi connectivity index (χ1) is 13.1. The number of rotatable bonds is 8. The minimum Gasteiger partial charge on any atom is -0.491 e. The number of nitrogens with zero attached hydrogens (tertiary/aromatic N) is 1. The van der Waals surface area contributed by atoms with Gasteiger partial charge < -0.3 is 10.1 Å². The topological polar surface area (TPSA) is 75.7 Å². The van der Waals surface area contributed by atoms with E-state index in [-0.39, 0.29) is 18.2 Å². The number of sulfonamides is 1. The molecule has 0 saturated heterocycles. The zero-order valence-electron chi connectivity index (χ0n) is 16.3. The van der Waals surface area contributed by atoms with Crippen LogP contribution in [-0.2, 0) is 14.8 Å². The first-order valence-electron chi connectivity index (χ1n) is 8.94. The van der Waals surface area contributed by atoms with Crippen LogP contribution in [0.4, 0.5) is 15.8 Å².